The lowest BCUT2D eigenvalue weighted by molar-refractivity contribution is -0.116. The highest BCUT2D eigenvalue weighted by molar-refractivity contribution is 6.31. The topological polar surface area (TPSA) is 47.6 Å². The minimum absolute atomic E-state index is 0.0608. The molecule has 110 valence electrons. The Hall–Kier alpha value is -1.14. The number of carbonyl (C=O) groups excluding carboxylic acids is 1. The summed E-state index contributed by atoms with van der Waals surface area (Å²) in [6.45, 7) is 6.11. The molecule has 1 aliphatic rings. The minimum atomic E-state index is -0.0608. The van der Waals surface area contributed by atoms with E-state index in [-0.39, 0.29) is 12.5 Å². The van der Waals surface area contributed by atoms with E-state index in [0.717, 1.165) is 37.4 Å². The van der Waals surface area contributed by atoms with Crippen LogP contribution in [0.3, 0.4) is 0 Å². The fourth-order valence-electron chi connectivity index (χ4n) is 2.07. The lowest BCUT2D eigenvalue weighted by Crippen LogP contribution is -2.52. The Balaban J connectivity index is 1.79. The first-order chi connectivity index (χ1) is 9.54. The Kier molecular flexibility index (Phi) is 5.37. The van der Waals surface area contributed by atoms with Crippen LogP contribution in [-0.2, 0) is 4.79 Å². The molecule has 5 nitrogen and oxygen atoms in total. The van der Waals surface area contributed by atoms with E-state index in [1.165, 1.54) is 0 Å². The van der Waals surface area contributed by atoms with Gasteiger partial charge in [0.15, 0.2) is 0 Å². The number of amides is 1. The van der Waals surface area contributed by atoms with Gasteiger partial charge < -0.3 is 10.2 Å². The third-order valence-corrected chi connectivity index (χ3v) is 3.68. The molecule has 0 aromatic heterocycles. The molecule has 1 heterocycles. The SMILES string of the molecule is Cc1ccc(Cl)cc1NC(=O)CNN1CCN(C)CC1. The normalized spacial score (nSPS) is 17.1. The molecule has 1 aromatic rings. The number of nitrogens with zero attached hydrogens (tertiary/aromatic N) is 2. The monoisotopic (exact) mass is 296 g/mol. The summed E-state index contributed by atoms with van der Waals surface area (Å²) in [7, 11) is 2.10. The quantitative estimate of drug-likeness (QED) is 0.880. The van der Waals surface area contributed by atoms with Crippen LogP contribution in [0.5, 0.6) is 0 Å². The van der Waals surface area contributed by atoms with E-state index in [9.17, 15) is 4.79 Å². The molecule has 1 saturated heterocycles. The highest BCUT2D eigenvalue weighted by Gasteiger charge is 2.14. The van der Waals surface area contributed by atoms with E-state index in [0.29, 0.717) is 5.02 Å². The molecule has 0 saturated carbocycles. The molecule has 0 aliphatic carbocycles. The maximum absolute atomic E-state index is 11.9. The van der Waals surface area contributed by atoms with Crippen LogP contribution in [-0.4, -0.2) is 55.6 Å². The molecule has 0 unspecified atom stereocenters. The third-order valence-electron chi connectivity index (χ3n) is 3.44. The first kappa shape index (κ1) is 15.3. The zero-order valence-corrected chi connectivity index (χ0v) is 12.7. The van der Waals surface area contributed by atoms with Gasteiger partial charge in [-0.3, -0.25) is 4.79 Å². The van der Waals surface area contributed by atoms with E-state index in [1.54, 1.807) is 6.07 Å². The van der Waals surface area contributed by atoms with Crippen molar-refractivity contribution in [3.8, 4) is 0 Å². The van der Waals surface area contributed by atoms with Crippen molar-refractivity contribution in [2.24, 2.45) is 0 Å². The predicted octanol–water partition coefficient (Wildman–Crippen LogP) is 1.34. The highest BCUT2D eigenvalue weighted by atomic mass is 35.5. The van der Waals surface area contributed by atoms with Crippen LogP contribution in [0.15, 0.2) is 18.2 Å². The van der Waals surface area contributed by atoms with Gasteiger partial charge >= 0.3 is 0 Å². The number of likely N-dealkylation sites (N-methyl/N-ethyl adjacent to an activating group) is 1. The van der Waals surface area contributed by atoms with E-state index in [4.69, 9.17) is 11.6 Å². The van der Waals surface area contributed by atoms with Crippen molar-refractivity contribution < 1.29 is 4.79 Å². The van der Waals surface area contributed by atoms with E-state index in [2.05, 4.69) is 27.7 Å². The van der Waals surface area contributed by atoms with Gasteiger partial charge in [0, 0.05) is 36.9 Å². The minimum Gasteiger partial charge on any atom is -0.325 e. The number of carbonyl (C=O) groups is 1. The summed E-state index contributed by atoms with van der Waals surface area (Å²) < 4.78 is 0. The molecule has 1 aromatic carbocycles. The van der Waals surface area contributed by atoms with Crippen LogP contribution in [0.2, 0.25) is 5.02 Å². The Labute approximate surface area is 124 Å². The van der Waals surface area contributed by atoms with Crippen LogP contribution in [0.4, 0.5) is 5.69 Å². The zero-order valence-electron chi connectivity index (χ0n) is 11.9. The zero-order chi connectivity index (χ0) is 14.5. The second kappa shape index (κ2) is 7.04. The maximum Gasteiger partial charge on any atom is 0.239 e. The number of aryl methyl sites for hydroxylation is 1. The van der Waals surface area contributed by atoms with Crippen LogP contribution in [0.25, 0.3) is 0 Å². The van der Waals surface area contributed by atoms with Gasteiger partial charge in [0.05, 0.1) is 6.54 Å². The smallest absolute Gasteiger partial charge is 0.239 e. The van der Waals surface area contributed by atoms with Gasteiger partial charge in [0.1, 0.15) is 0 Å². The summed E-state index contributed by atoms with van der Waals surface area (Å²) in [6.07, 6.45) is 0. The van der Waals surface area contributed by atoms with E-state index >= 15 is 0 Å². The Morgan fingerprint density at radius 2 is 2.00 bits per heavy atom. The first-order valence-corrected chi connectivity index (χ1v) is 7.15. The lowest BCUT2D eigenvalue weighted by Gasteiger charge is -2.32. The highest BCUT2D eigenvalue weighted by Crippen LogP contribution is 2.19. The van der Waals surface area contributed by atoms with Crippen molar-refractivity contribution in [3.05, 3.63) is 28.8 Å². The summed E-state index contributed by atoms with van der Waals surface area (Å²) >= 11 is 5.93. The molecular formula is C14H21ClN4O. The maximum atomic E-state index is 11.9. The van der Waals surface area contributed by atoms with Crippen LogP contribution in [0.1, 0.15) is 5.56 Å². The number of hydrogen-bond donors (Lipinski definition) is 2. The summed E-state index contributed by atoms with van der Waals surface area (Å²) in [4.78, 5) is 14.2. The molecule has 0 atom stereocenters. The average Bonchev–Trinajstić information content (AvgIpc) is 2.42. The van der Waals surface area contributed by atoms with Crippen LogP contribution < -0.4 is 10.7 Å². The number of hydrazine groups is 1. The summed E-state index contributed by atoms with van der Waals surface area (Å²) in [5, 5.41) is 5.59. The van der Waals surface area contributed by atoms with E-state index in [1.807, 2.05) is 19.1 Å². The molecule has 0 spiro atoms. The number of rotatable bonds is 4. The number of anilines is 1. The van der Waals surface area contributed by atoms with Crippen molar-refractivity contribution >= 4 is 23.2 Å². The Bertz CT molecular complexity index is 472. The molecule has 0 bridgehead atoms. The molecule has 1 fully saturated rings. The first-order valence-electron chi connectivity index (χ1n) is 6.77. The number of piperazine rings is 1. The number of benzene rings is 1. The molecule has 20 heavy (non-hydrogen) atoms. The Morgan fingerprint density at radius 3 is 2.70 bits per heavy atom. The Morgan fingerprint density at radius 1 is 1.30 bits per heavy atom. The number of halogens is 1. The van der Waals surface area contributed by atoms with Crippen LogP contribution in [0, 0.1) is 6.92 Å². The van der Waals surface area contributed by atoms with Crippen molar-refractivity contribution in [1.29, 1.82) is 0 Å². The van der Waals surface area contributed by atoms with Crippen molar-refractivity contribution in [2.45, 2.75) is 6.92 Å². The van der Waals surface area contributed by atoms with Gasteiger partial charge in [0.2, 0.25) is 5.91 Å². The fraction of sp³-hybridized carbons (Fsp3) is 0.500. The van der Waals surface area contributed by atoms with Crippen LogP contribution >= 0.6 is 11.6 Å². The molecule has 2 N–H and O–H groups in total. The molecule has 1 aliphatic heterocycles. The third kappa shape index (κ3) is 4.45. The van der Waals surface area contributed by atoms with Gasteiger partial charge in [-0.2, -0.15) is 0 Å². The molecule has 1 amide bonds. The van der Waals surface area contributed by atoms with Gasteiger partial charge in [0.25, 0.3) is 0 Å². The van der Waals surface area contributed by atoms with Gasteiger partial charge in [-0.05, 0) is 31.7 Å². The second-order valence-electron chi connectivity index (χ2n) is 5.13. The summed E-state index contributed by atoms with van der Waals surface area (Å²) in [5.41, 5.74) is 4.93. The molecular weight excluding hydrogens is 276 g/mol. The van der Waals surface area contributed by atoms with Gasteiger partial charge in [-0.25, -0.2) is 10.4 Å². The molecule has 2 rings (SSSR count). The van der Waals surface area contributed by atoms with Crippen molar-refractivity contribution in [2.75, 3.05) is 45.1 Å². The van der Waals surface area contributed by atoms with Gasteiger partial charge in [-0.15, -0.1) is 0 Å². The number of hydrogen-bond acceptors (Lipinski definition) is 4. The molecule has 6 heteroatoms. The number of nitrogens with one attached hydrogen (secondary N) is 2. The van der Waals surface area contributed by atoms with Crippen molar-refractivity contribution in [1.82, 2.24) is 15.3 Å². The lowest BCUT2D eigenvalue weighted by atomic mass is 10.2. The fourth-order valence-corrected chi connectivity index (χ4v) is 2.24. The second-order valence-corrected chi connectivity index (χ2v) is 5.57. The largest absolute Gasteiger partial charge is 0.325 e. The van der Waals surface area contributed by atoms with E-state index < -0.39 is 0 Å². The average molecular weight is 297 g/mol. The standard InChI is InChI=1S/C14H21ClN4O/c1-11-3-4-12(15)9-13(11)17-14(20)10-16-19-7-5-18(2)6-8-19/h3-4,9,16H,5-8,10H2,1-2H3,(H,17,20). The van der Waals surface area contributed by atoms with Gasteiger partial charge in [-0.1, -0.05) is 17.7 Å². The predicted molar refractivity (Wildman–Crippen MR) is 81.9 cm³/mol. The summed E-state index contributed by atoms with van der Waals surface area (Å²) in [6, 6.07) is 5.48. The molecule has 0 radical (unpaired) electrons. The summed E-state index contributed by atoms with van der Waals surface area (Å²) in [5.74, 6) is -0.0608. The van der Waals surface area contributed by atoms with Crippen molar-refractivity contribution in [3.63, 3.8) is 0 Å².